The van der Waals surface area contributed by atoms with Crippen LogP contribution in [0.5, 0.6) is 0 Å². The van der Waals surface area contributed by atoms with Crippen molar-refractivity contribution < 1.29 is 19.4 Å². The first-order valence-corrected chi connectivity index (χ1v) is 7.37. The van der Waals surface area contributed by atoms with Gasteiger partial charge in [-0.2, -0.15) is 0 Å². The first-order chi connectivity index (χ1) is 9.24. The maximum absolute atomic E-state index is 12.5. The second-order valence-corrected chi connectivity index (χ2v) is 7.29. The molecule has 0 aromatic rings. The molecule has 2 rings (SSSR count). The number of ether oxygens (including phenoxy) is 1. The third-order valence-corrected chi connectivity index (χ3v) is 4.55. The molecule has 0 aromatic carbocycles. The molecule has 1 saturated carbocycles. The molecule has 2 N–H and O–H groups in total. The van der Waals surface area contributed by atoms with E-state index in [9.17, 15) is 14.7 Å². The number of aliphatic carboxylic acids is 1. The largest absolute Gasteiger partial charge is 0.479 e. The van der Waals surface area contributed by atoms with Crippen molar-refractivity contribution in [2.45, 2.75) is 52.0 Å². The number of carboxylic acid groups (broad SMARTS) is 1. The average molecular weight is 283 g/mol. The molecular weight excluding hydrogens is 258 g/mol. The highest BCUT2D eigenvalue weighted by Crippen LogP contribution is 2.42. The minimum atomic E-state index is -1.22. The summed E-state index contributed by atoms with van der Waals surface area (Å²) in [6.07, 6.45) is 3.12. The van der Waals surface area contributed by atoms with Crippen LogP contribution in [0.3, 0.4) is 0 Å². The molecule has 5 heteroatoms. The molecule has 1 aliphatic carbocycles. The van der Waals surface area contributed by atoms with Crippen LogP contribution in [0.2, 0.25) is 0 Å². The number of carbonyl (C=O) groups excluding carboxylic acids is 1. The van der Waals surface area contributed by atoms with E-state index >= 15 is 0 Å². The molecule has 1 aliphatic heterocycles. The van der Waals surface area contributed by atoms with Gasteiger partial charge in [0.25, 0.3) is 0 Å². The van der Waals surface area contributed by atoms with Crippen LogP contribution in [0.25, 0.3) is 0 Å². The Hall–Kier alpha value is -1.10. The molecule has 1 saturated heterocycles. The predicted octanol–water partition coefficient (Wildman–Crippen LogP) is 1.81. The summed E-state index contributed by atoms with van der Waals surface area (Å²) in [6.45, 7) is 6.97. The highest BCUT2D eigenvalue weighted by atomic mass is 16.5. The fourth-order valence-corrected chi connectivity index (χ4v) is 3.77. The summed E-state index contributed by atoms with van der Waals surface area (Å²) in [4.78, 5) is 23.9. The van der Waals surface area contributed by atoms with Crippen LogP contribution in [0, 0.1) is 17.3 Å². The van der Waals surface area contributed by atoms with Gasteiger partial charge < -0.3 is 15.2 Å². The third-order valence-electron chi connectivity index (χ3n) is 4.55. The van der Waals surface area contributed by atoms with Crippen molar-refractivity contribution in [2.24, 2.45) is 17.3 Å². The van der Waals surface area contributed by atoms with Crippen molar-refractivity contribution in [2.75, 3.05) is 13.2 Å². The van der Waals surface area contributed by atoms with E-state index < -0.39 is 11.5 Å². The normalized spacial score (nSPS) is 36.5. The van der Waals surface area contributed by atoms with E-state index in [1.165, 1.54) is 0 Å². The Bertz CT molecular complexity index is 399. The zero-order valence-electron chi connectivity index (χ0n) is 12.6. The summed E-state index contributed by atoms with van der Waals surface area (Å²) < 4.78 is 5.18. The fourth-order valence-electron chi connectivity index (χ4n) is 3.77. The lowest BCUT2D eigenvalue weighted by Gasteiger charge is -2.39. The minimum Gasteiger partial charge on any atom is -0.479 e. The highest BCUT2D eigenvalue weighted by Gasteiger charge is 2.46. The Balaban J connectivity index is 2.05. The Labute approximate surface area is 120 Å². The summed E-state index contributed by atoms with van der Waals surface area (Å²) in [6, 6.07) is 0. The Kier molecular flexibility index (Phi) is 4.09. The summed E-state index contributed by atoms with van der Waals surface area (Å²) in [5, 5.41) is 12.1. The molecule has 20 heavy (non-hydrogen) atoms. The van der Waals surface area contributed by atoms with Crippen LogP contribution < -0.4 is 5.32 Å². The molecule has 0 aromatic heterocycles. The van der Waals surface area contributed by atoms with Gasteiger partial charge in [-0.15, -0.1) is 0 Å². The van der Waals surface area contributed by atoms with Crippen molar-refractivity contribution in [1.82, 2.24) is 5.32 Å². The van der Waals surface area contributed by atoms with Crippen LogP contribution in [-0.4, -0.2) is 35.7 Å². The molecule has 1 heterocycles. The van der Waals surface area contributed by atoms with Crippen LogP contribution in [0.1, 0.15) is 46.5 Å². The molecule has 2 fully saturated rings. The van der Waals surface area contributed by atoms with Gasteiger partial charge in [0.15, 0.2) is 5.54 Å². The van der Waals surface area contributed by atoms with Gasteiger partial charge in [0.2, 0.25) is 5.91 Å². The van der Waals surface area contributed by atoms with Gasteiger partial charge in [-0.3, -0.25) is 4.79 Å². The standard InChI is InChI=1S/C15H25NO4/c1-10-6-11(8-14(2,3)7-10)12(17)16-15(13(18)19)4-5-20-9-15/h10-11H,4-9H2,1-3H3,(H,16,17)(H,18,19). The van der Waals surface area contributed by atoms with Gasteiger partial charge in [0.1, 0.15) is 0 Å². The molecular formula is C15H25NO4. The molecule has 5 nitrogen and oxygen atoms in total. The summed E-state index contributed by atoms with van der Waals surface area (Å²) >= 11 is 0. The van der Waals surface area contributed by atoms with E-state index in [1.54, 1.807) is 0 Å². The monoisotopic (exact) mass is 283 g/mol. The Morgan fingerprint density at radius 1 is 1.30 bits per heavy atom. The maximum atomic E-state index is 12.5. The van der Waals surface area contributed by atoms with Gasteiger partial charge in [0, 0.05) is 18.9 Å². The second-order valence-electron chi connectivity index (χ2n) is 7.29. The highest BCUT2D eigenvalue weighted by molar-refractivity contribution is 5.88. The lowest BCUT2D eigenvalue weighted by atomic mass is 9.67. The van der Waals surface area contributed by atoms with Crippen LogP contribution in [-0.2, 0) is 14.3 Å². The van der Waals surface area contributed by atoms with E-state index in [2.05, 4.69) is 26.1 Å². The van der Waals surface area contributed by atoms with Gasteiger partial charge in [-0.25, -0.2) is 4.79 Å². The number of carboxylic acids is 1. The molecule has 2 aliphatic rings. The van der Waals surface area contributed by atoms with Gasteiger partial charge in [-0.1, -0.05) is 20.8 Å². The number of rotatable bonds is 3. The van der Waals surface area contributed by atoms with Crippen LogP contribution in [0.15, 0.2) is 0 Å². The van der Waals surface area contributed by atoms with Crippen molar-refractivity contribution in [1.29, 1.82) is 0 Å². The van der Waals surface area contributed by atoms with Gasteiger partial charge in [-0.05, 0) is 30.6 Å². The number of hydrogen-bond donors (Lipinski definition) is 2. The topological polar surface area (TPSA) is 75.6 Å². The van der Waals surface area contributed by atoms with Crippen molar-refractivity contribution in [3.63, 3.8) is 0 Å². The van der Waals surface area contributed by atoms with E-state index in [1.807, 2.05) is 0 Å². The quantitative estimate of drug-likeness (QED) is 0.828. The predicted molar refractivity (Wildman–Crippen MR) is 74.2 cm³/mol. The third kappa shape index (κ3) is 3.14. The first-order valence-electron chi connectivity index (χ1n) is 7.37. The maximum Gasteiger partial charge on any atom is 0.331 e. The van der Waals surface area contributed by atoms with Crippen LogP contribution in [0.4, 0.5) is 0 Å². The number of carbonyl (C=O) groups is 2. The first kappa shape index (κ1) is 15.3. The SMILES string of the molecule is CC1CC(C(=O)NC2(C(=O)O)CCOC2)CC(C)(C)C1. The van der Waals surface area contributed by atoms with Crippen LogP contribution >= 0.6 is 0 Å². The molecule has 1 amide bonds. The molecule has 0 radical (unpaired) electrons. The number of amides is 1. The van der Waals surface area contributed by atoms with E-state index in [4.69, 9.17) is 4.74 Å². The Morgan fingerprint density at radius 2 is 2.00 bits per heavy atom. The second kappa shape index (κ2) is 5.35. The summed E-state index contributed by atoms with van der Waals surface area (Å²) in [7, 11) is 0. The zero-order chi connectivity index (χ0) is 15.0. The van der Waals surface area contributed by atoms with E-state index in [0.29, 0.717) is 18.9 Å². The average Bonchev–Trinajstić information content (AvgIpc) is 2.76. The van der Waals surface area contributed by atoms with Gasteiger partial charge >= 0.3 is 5.97 Å². The van der Waals surface area contributed by atoms with Crippen molar-refractivity contribution in [3.8, 4) is 0 Å². The lowest BCUT2D eigenvalue weighted by Crippen LogP contribution is -2.57. The van der Waals surface area contributed by atoms with Gasteiger partial charge in [0.05, 0.1) is 6.61 Å². The summed E-state index contributed by atoms with van der Waals surface area (Å²) in [5.41, 5.74) is -1.08. The minimum absolute atomic E-state index is 0.0692. The van der Waals surface area contributed by atoms with E-state index in [-0.39, 0.29) is 23.8 Å². The molecule has 0 spiro atoms. The molecule has 3 atom stereocenters. The number of hydrogen-bond acceptors (Lipinski definition) is 3. The molecule has 0 bridgehead atoms. The number of nitrogens with one attached hydrogen (secondary N) is 1. The lowest BCUT2D eigenvalue weighted by molar-refractivity contribution is -0.149. The Morgan fingerprint density at radius 3 is 2.50 bits per heavy atom. The fraction of sp³-hybridized carbons (Fsp3) is 0.867. The zero-order valence-corrected chi connectivity index (χ0v) is 12.6. The summed E-state index contributed by atoms with van der Waals surface area (Å²) in [5.74, 6) is -0.718. The molecule has 114 valence electrons. The smallest absolute Gasteiger partial charge is 0.331 e. The van der Waals surface area contributed by atoms with E-state index in [0.717, 1.165) is 19.3 Å². The molecule has 3 unspecified atom stereocenters. The van der Waals surface area contributed by atoms with Crippen molar-refractivity contribution >= 4 is 11.9 Å². The van der Waals surface area contributed by atoms with Crippen molar-refractivity contribution in [3.05, 3.63) is 0 Å².